The van der Waals surface area contributed by atoms with Crippen LogP contribution in [0.3, 0.4) is 0 Å². The van der Waals surface area contributed by atoms with Gasteiger partial charge in [0.05, 0.1) is 5.54 Å². The van der Waals surface area contributed by atoms with Crippen molar-refractivity contribution in [2.24, 2.45) is 0 Å². The third-order valence-electron chi connectivity index (χ3n) is 5.65. The third kappa shape index (κ3) is 4.04. The molecule has 1 atom stereocenters. The van der Waals surface area contributed by atoms with Crippen LogP contribution in [0.2, 0.25) is 0 Å². The molecular formula is C22H31FN2. The summed E-state index contributed by atoms with van der Waals surface area (Å²) in [6, 6.07) is 0. The zero-order valence-corrected chi connectivity index (χ0v) is 16.1. The first kappa shape index (κ1) is 19.5. The van der Waals surface area contributed by atoms with Crippen LogP contribution in [0.25, 0.3) is 0 Å². The highest BCUT2D eigenvalue weighted by Gasteiger charge is 2.39. The molecule has 0 aromatic rings. The molecule has 1 saturated heterocycles. The number of rotatable bonds is 6. The minimum absolute atomic E-state index is 0.0410. The van der Waals surface area contributed by atoms with E-state index < -0.39 is 0 Å². The first-order valence-corrected chi connectivity index (χ1v) is 9.03. The van der Waals surface area contributed by atoms with E-state index in [1.807, 2.05) is 32.1 Å². The Morgan fingerprint density at radius 2 is 2.16 bits per heavy atom. The van der Waals surface area contributed by atoms with Gasteiger partial charge in [-0.15, -0.1) is 0 Å². The fourth-order valence-corrected chi connectivity index (χ4v) is 3.79. The molecule has 2 aliphatic rings. The monoisotopic (exact) mass is 342 g/mol. The number of hydrogen-bond donors (Lipinski definition) is 1. The second kappa shape index (κ2) is 8.01. The molecule has 1 aliphatic heterocycles. The third-order valence-corrected chi connectivity index (χ3v) is 5.65. The van der Waals surface area contributed by atoms with Gasteiger partial charge in [0, 0.05) is 19.2 Å². The Bertz CT molecular complexity index is 678. The van der Waals surface area contributed by atoms with E-state index in [9.17, 15) is 4.39 Å². The average Bonchev–Trinajstić information content (AvgIpc) is 2.87. The van der Waals surface area contributed by atoms with Gasteiger partial charge in [-0.1, -0.05) is 37.0 Å². The second-order valence-corrected chi connectivity index (χ2v) is 7.28. The summed E-state index contributed by atoms with van der Waals surface area (Å²) < 4.78 is 14.2. The smallest absolute Gasteiger partial charge is 0.107 e. The summed E-state index contributed by atoms with van der Waals surface area (Å²) in [6.07, 6.45) is 10.9. The van der Waals surface area contributed by atoms with E-state index >= 15 is 0 Å². The standard InChI is InChI=1S/C22H31FN2/c1-7-24-25-14-10-13-22(25,6)18(5)20(16(2)3)15-19-11-8-9-12-21(23)17(19)4/h7-9,11,24H,1-2,10,12-15H2,3-6H3/b20-18+. The summed E-state index contributed by atoms with van der Waals surface area (Å²) in [7, 11) is 0. The van der Waals surface area contributed by atoms with Crippen molar-refractivity contribution in [2.75, 3.05) is 6.54 Å². The van der Waals surface area contributed by atoms with Crippen LogP contribution in [0.1, 0.15) is 53.4 Å². The zero-order chi connectivity index (χ0) is 18.6. The highest BCUT2D eigenvalue weighted by molar-refractivity contribution is 5.46. The lowest BCUT2D eigenvalue weighted by Crippen LogP contribution is -2.48. The maximum atomic E-state index is 14.2. The predicted octanol–water partition coefficient (Wildman–Crippen LogP) is 5.90. The molecule has 1 fully saturated rings. The Morgan fingerprint density at radius 1 is 1.44 bits per heavy atom. The largest absolute Gasteiger partial charge is 0.326 e. The predicted molar refractivity (Wildman–Crippen MR) is 105 cm³/mol. The topological polar surface area (TPSA) is 15.3 Å². The molecule has 1 aliphatic carbocycles. The Kier molecular flexibility index (Phi) is 6.23. The lowest BCUT2D eigenvalue weighted by Gasteiger charge is -2.38. The van der Waals surface area contributed by atoms with Gasteiger partial charge < -0.3 is 5.43 Å². The van der Waals surface area contributed by atoms with Crippen molar-refractivity contribution in [3.63, 3.8) is 0 Å². The maximum Gasteiger partial charge on any atom is 0.107 e. The van der Waals surface area contributed by atoms with Crippen molar-refractivity contribution in [3.05, 3.63) is 71.3 Å². The number of hydrogen-bond acceptors (Lipinski definition) is 2. The van der Waals surface area contributed by atoms with Gasteiger partial charge in [0.2, 0.25) is 0 Å². The summed E-state index contributed by atoms with van der Waals surface area (Å²) in [4.78, 5) is 0. The molecule has 1 unspecified atom stereocenters. The van der Waals surface area contributed by atoms with Crippen molar-refractivity contribution in [1.82, 2.24) is 10.4 Å². The van der Waals surface area contributed by atoms with Crippen LogP contribution < -0.4 is 5.43 Å². The first-order valence-electron chi connectivity index (χ1n) is 9.03. The van der Waals surface area contributed by atoms with Crippen LogP contribution in [0.4, 0.5) is 4.39 Å². The number of allylic oxidation sites excluding steroid dienone is 8. The van der Waals surface area contributed by atoms with Gasteiger partial charge in [0.15, 0.2) is 0 Å². The van der Waals surface area contributed by atoms with E-state index in [0.717, 1.165) is 36.1 Å². The first-order chi connectivity index (χ1) is 11.8. The van der Waals surface area contributed by atoms with Crippen molar-refractivity contribution < 1.29 is 4.39 Å². The van der Waals surface area contributed by atoms with Gasteiger partial charge in [0.25, 0.3) is 0 Å². The van der Waals surface area contributed by atoms with Gasteiger partial charge in [-0.3, -0.25) is 0 Å². The quantitative estimate of drug-likeness (QED) is 0.604. The SMILES string of the molecule is C=CNN1CCCC1(C)/C(C)=C(\CC1=CC=CCC(F)=C1C)C(=C)C. The molecule has 0 saturated carbocycles. The number of halogens is 1. The highest BCUT2D eigenvalue weighted by Crippen LogP contribution is 2.39. The fourth-order valence-electron chi connectivity index (χ4n) is 3.79. The Hall–Kier alpha value is -1.87. The summed E-state index contributed by atoms with van der Waals surface area (Å²) in [5, 5.41) is 2.25. The molecule has 2 nitrogen and oxygen atoms in total. The van der Waals surface area contributed by atoms with Gasteiger partial charge in [-0.25, -0.2) is 9.40 Å². The van der Waals surface area contributed by atoms with E-state index in [1.54, 1.807) is 6.20 Å². The Labute approximate surface area is 152 Å². The van der Waals surface area contributed by atoms with Crippen molar-refractivity contribution in [3.8, 4) is 0 Å². The average molecular weight is 343 g/mol. The van der Waals surface area contributed by atoms with Crippen LogP contribution in [-0.4, -0.2) is 17.1 Å². The van der Waals surface area contributed by atoms with E-state index in [1.165, 1.54) is 11.1 Å². The molecule has 0 amide bonds. The van der Waals surface area contributed by atoms with Crippen molar-refractivity contribution in [2.45, 2.75) is 58.9 Å². The van der Waals surface area contributed by atoms with Crippen LogP contribution in [-0.2, 0) is 0 Å². The molecule has 0 aromatic heterocycles. The molecule has 0 radical (unpaired) electrons. The molecular weight excluding hydrogens is 311 g/mol. The summed E-state index contributed by atoms with van der Waals surface area (Å²) >= 11 is 0. The molecule has 0 bridgehead atoms. The van der Waals surface area contributed by atoms with E-state index in [-0.39, 0.29) is 11.4 Å². The van der Waals surface area contributed by atoms with Crippen molar-refractivity contribution in [1.29, 1.82) is 0 Å². The molecule has 25 heavy (non-hydrogen) atoms. The number of nitrogens with zero attached hydrogens (tertiary/aromatic N) is 1. The van der Waals surface area contributed by atoms with Gasteiger partial charge in [-0.2, -0.15) is 0 Å². The highest BCUT2D eigenvalue weighted by atomic mass is 19.1. The zero-order valence-electron chi connectivity index (χ0n) is 16.1. The Balaban J connectivity index is 2.43. The molecule has 1 heterocycles. The fraction of sp³-hybridized carbons (Fsp3) is 0.455. The summed E-state index contributed by atoms with van der Waals surface area (Å²) in [5.74, 6) is -0.0410. The van der Waals surface area contributed by atoms with Crippen LogP contribution >= 0.6 is 0 Å². The molecule has 136 valence electrons. The van der Waals surface area contributed by atoms with E-state index in [0.29, 0.717) is 12.8 Å². The summed E-state index contributed by atoms with van der Waals surface area (Å²) in [5.41, 5.74) is 8.55. The van der Waals surface area contributed by atoms with Crippen LogP contribution in [0.5, 0.6) is 0 Å². The van der Waals surface area contributed by atoms with Crippen LogP contribution in [0, 0.1) is 0 Å². The Morgan fingerprint density at radius 3 is 2.80 bits per heavy atom. The number of nitrogens with one attached hydrogen (secondary N) is 1. The van der Waals surface area contributed by atoms with Crippen LogP contribution in [0.15, 0.2) is 71.3 Å². The van der Waals surface area contributed by atoms with E-state index in [2.05, 4.69) is 37.4 Å². The lowest BCUT2D eigenvalue weighted by molar-refractivity contribution is 0.145. The maximum absolute atomic E-state index is 14.2. The van der Waals surface area contributed by atoms with Crippen molar-refractivity contribution >= 4 is 0 Å². The molecule has 0 aromatic carbocycles. The molecule has 3 heteroatoms. The normalized spacial score (nSPS) is 25.4. The minimum atomic E-state index is -0.0836. The lowest BCUT2D eigenvalue weighted by atomic mass is 9.82. The van der Waals surface area contributed by atoms with Gasteiger partial charge in [-0.05, 0) is 69.2 Å². The number of hydrazine groups is 1. The summed E-state index contributed by atoms with van der Waals surface area (Å²) in [6.45, 7) is 17.4. The van der Waals surface area contributed by atoms with E-state index in [4.69, 9.17) is 0 Å². The molecule has 0 spiro atoms. The molecule has 2 rings (SSSR count). The minimum Gasteiger partial charge on any atom is -0.326 e. The molecule has 1 N–H and O–H groups in total. The second-order valence-electron chi connectivity index (χ2n) is 7.28. The van der Waals surface area contributed by atoms with Gasteiger partial charge >= 0.3 is 0 Å². The van der Waals surface area contributed by atoms with Gasteiger partial charge in [0.1, 0.15) is 5.83 Å².